The maximum atomic E-state index is 9.55. The van der Waals surface area contributed by atoms with Crippen molar-refractivity contribution in [1.82, 2.24) is 9.80 Å². The molecule has 6 aromatic rings. The number of rotatable bonds is 14. The van der Waals surface area contributed by atoms with Gasteiger partial charge in [0.1, 0.15) is 0 Å². The fraction of sp³-hybridized carbons (Fsp3) is 0.130. The van der Waals surface area contributed by atoms with E-state index < -0.39 is 11.9 Å². The number of carbonyl (C=O) groups is 2. The molecule has 0 bridgehead atoms. The quantitative estimate of drug-likeness (QED) is 0.111. The second-order valence-electron chi connectivity index (χ2n) is 12.2. The van der Waals surface area contributed by atoms with Crippen LogP contribution in [-0.2, 0) is 48.9 Å². The van der Waals surface area contributed by atoms with Crippen LogP contribution in [0.1, 0.15) is 33.4 Å². The molecule has 6 rings (SSSR count). The smallest absolute Gasteiger partial charge is 0.328 e. The van der Waals surface area contributed by atoms with Crippen molar-refractivity contribution in [2.24, 2.45) is 0 Å². The number of nitrogens with zero attached hydrogens (tertiary/aromatic N) is 2. The fourth-order valence-electron chi connectivity index (χ4n) is 5.53. The molecule has 6 nitrogen and oxygen atoms in total. The molecule has 0 saturated heterocycles. The summed E-state index contributed by atoms with van der Waals surface area (Å²) in [6, 6.07) is 64.1. The van der Waals surface area contributed by atoms with E-state index >= 15 is 0 Å². The molecule has 0 atom stereocenters. The van der Waals surface area contributed by atoms with Crippen molar-refractivity contribution < 1.29 is 19.8 Å². The average Bonchev–Trinajstić information content (AvgIpc) is 3.17. The summed E-state index contributed by atoms with van der Waals surface area (Å²) in [7, 11) is 0. The molecular formula is C46H46N2O4. The molecule has 0 aliphatic heterocycles. The van der Waals surface area contributed by atoms with Crippen molar-refractivity contribution in [1.29, 1.82) is 0 Å². The van der Waals surface area contributed by atoms with Gasteiger partial charge in [-0.3, -0.25) is 9.80 Å². The largest absolute Gasteiger partial charge is 0.478 e. The summed E-state index contributed by atoms with van der Waals surface area (Å²) >= 11 is 0. The van der Waals surface area contributed by atoms with E-state index in [0.29, 0.717) is 12.2 Å². The highest BCUT2D eigenvalue weighted by Crippen LogP contribution is 2.15. The van der Waals surface area contributed by atoms with Crippen LogP contribution >= 0.6 is 0 Å². The van der Waals surface area contributed by atoms with E-state index in [1.807, 2.05) is 0 Å². The highest BCUT2D eigenvalue weighted by atomic mass is 16.4. The Morgan fingerprint density at radius 2 is 0.481 bits per heavy atom. The molecule has 2 N–H and O–H groups in total. The highest BCUT2D eigenvalue weighted by Gasteiger charge is 2.09. The Labute approximate surface area is 307 Å². The van der Waals surface area contributed by atoms with Crippen molar-refractivity contribution in [3.63, 3.8) is 0 Å². The minimum absolute atomic E-state index is 0.558. The van der Waals surface area contributed by atoms with Gasteiger partial charge in [-0.15, -0.1) is 0 Å². The minimum Gasteiger partial charge on any atom is -0.478 e. The van der Waals surface area contributed by atoms with E-state index in [1.54, 1.807) is 0 Å². The van der Waals surface area contributed by atoms with Gasteiger partial charge in [0.25, 0.3) is 0 Å². The molecule has 0 unspecified atom stereocenters. The van der Waals surface area contributed by atoms with E-state index in [0.717, 1.165) is 39.3 Å². The zero-order valence-corrected chi connectivity index (χ0v) is 29.3. The van der Waals surface area contributed by atoms with Crippen molar-refractivity contribution in [3.8, 4) is 0 Å². The van der Waals surface area contributed by atoms with Gasteiger partial charge in [-0.25, -0.2) is 9.59 Å². The van der Waals surface area contributed by atoms with Crippen LogP contribution < -0.4 is 0 Å². The van der Waals surface area contributed by atoms with E-state index in [2.05, 4.69) is 192 Å². The van der Waals surface area contributed by atoms with Gasteiger partial charge in [0.15, 0.2) is 0 Å². The molecule has 0 saturated carbocycles. The van der Waals surface area contributed by atoms with Gasteiger partial charge in [0.2, 0.25) is 0 Å². The lowest BCUT2D eigenvalue weighted by atomic mass is 10.1. The lowest BCUT2D eigenvalue weighted by molar-refractivity contribution is -0.134. The van der Waals surface area contributed by atoms with Crippen LogP contribution in [-0.4, -0.2) is 32.0 Å². The molecule has 6 aromatic carbocycles. The predicted octanol–water partition coefficient (Wildman–Crippen LogP) is 9.49. The molecule has 0 heterocycles. The van der Waals surface area contributed by atoms with E-state index in [4.69, 9.17) is 10.2 Å². The summed E-state index contributed by atoms with van der Waals surface area (Å²) in [4.78, 5) is 24.1. The van der Waals surface area contributed by atoms with Crippen LogP contribution in [0.5, 0.6) is 0 Å². The number of carboxylic acids is 2. The minimum atomic E-state index is -1.26. The van der Waals surface area contributed by atoms with Crippen LogP contribution in [0, 0.1) is 0 Å². The molecule has 52 heavy (non-hydrogen) atoms. The molecular weight excluding hydrogens is 645 g/mol. The molecule has 0 fully saturated rings. The second-order valence-corrected chi connectivity index (χ2v) is 12.2. The van der Waals surface area contributed by atoms with E-state index in [-0.39, 0.29) is 0 Å². The van der Waals surface area contributed by atoms with Crippen LogP contribution in [0.3, 0.4) is 0 Å². The lowest BCUT2D eigenvalue weighted by Gasteiger charge is -2.23. The zero-order chi connectivity index (χ0) is 36.6. The number of benzene rings is 6. The molecule has 264 valence electrons. The zero-order valence-electron chi connectivity index (χ0n) is 29.3. The van der Waals surface area contributed by atoms with Crippen molar-refractivity contribution >= 4 is 11.9 Å². The van der Waals surface area contributed by atoms with Crippen LogP contribution in [0.2, 0.25) is 0 Å². The third-order valence-corrected chi connectivity index (χ3v) is 7.86. The molecule has 0 radical (unpaired) electrons. The number of carboxylic acid groups (broad SMARTS) is 2. The van der Waals surface area contributed by atoms with Crippen LogP contribution in [0.15, 0.2) is 194 Å². The monoisotopic (exact) mass is 690 g/mol. The Hall–Kier alpha value is -6.08. The maximum Gasteiger partial charge on any atom is 0.328 e. The first-order valence-corrected chi connectivity index (χ1v) is 17.2. The normalized spacial score (nSPS) is 10.6. The van der Waals surface area contributed by atoms with Gasteiger partial charge in [-0.05, 0) is 33.4 Å². The first-order chi connectivity index (χ1) is 25.4. The number of aliphatic carboxylic acids is 2. The van der Waals surface area contributed by atoms with Crippen LogP contribution in [0.4, 0.5) is 0 Å². The summed E-state index contributed by atoms with van der Waals surface area (Å²) < 4.78 is 0. The second kappa shape index (κ2) is 22.6. The van der Waals surface area contributed by atoms with E-state index in [9.17, 15) is 9.59 Å². The highest BCUT2D eigenvalue weighted by molar-refractivity contribution is 5.89. The molecule has 0 aliphatic rings. The third kappa shape index (κ3) is 16.1. The van der Waals surface area contributed by atoms with Crippen LogP contribution in [0.25, 0.3) is 0 Å². The summed E-state index contributed by atoms with van der Waals surface area (Å²) in [6.45, 7) is 5.78. The van der Waals surface area contributed by atoms with Gasteiger partial charge in [-0.2, -0.15) is 0 Å². The van der Waals surface area contributed by atoms with Gasteiger partial charge >= 0.3 is 11.9 Å². The Balaban J connectivity index is 0.000000193. The molecule has 0 aromatic heterocycles. The van der Waals surface area contributed by atoms with Crippen molar-refractivity contribution in [3.05, 3.63) is 228 Å². The lowest BCUT2D eigenvalue weighted by Crippen LogP contribution is -2.22. The molecule has 0 amide bonds. The number of hydrogen-bond acceptors (Lipinski definition) is 4. The Kier molecular flexibility index (Phi) is 16.8. The first-order valence-electron chi connectivity index (χ1n) is 17.2. The van der Waals surface area contributed by atoms with E-state index in [1.165, 1.54) is 33.4 Å². The maximum absolute atomic E-state index is 9.55. The standard InChI is InChI=1S/2C21H21N.C4H4O4/c2*1-4-10-19(11-5-1)16-22(17-20-12-6-2-7-13-20)18-21-14-8-3-9-15-21;5-3(6)1-2-4(7)8/h2*1-15H,16-18H2;1-2H,(H,5,6)(H,7,8). The van der Waals surface area contributed by atoms with Crippen molar-refractivity contribution in [2.75, 3.05) is 0 Å². The predicted molar refractivity (Wildman–Crippen MR) is 209 cm³/mol. The molecule has 0 spiro atoms. The Morgan fingerprint density at radius 1 is 0.327 bits per heavy atom. The third-order valence-electron chi connectivity index (χ3n) is 7.86. The summed E-state index contributed by atoms with van der Waals surface area (Å²) in [5.41, 5.74) is 8.14. The first kappa shape index (κ1) is 38.7. The topological polar surface area (TPSA) is 81.1 Å². The SMILES string of the molecule is O=C(O)C=CC(=O)O.c1ccc(CN(Cc2ccccc2)Cc2ccccc2)cc1.c1ccc(CN(Cc2ccccc2)Cc2ccccc2)cc1. The molecule has 0 aliphatic carbocycles. The number of hydrogen-bond donors (Lipinski definition) is 2. The van der Waals surface area contributed by atoms with Gasteiger partial charge in [-0.1, -0.05) is 182 Å². The summed E-state index contributed by atoms with van der Waals surface area (Å²) in [5, 5.41) is 15.6. The van der Waals surface area contributed by atoms with Crippen molar-refractivity contribution in [2.45, 2.75) is 39.3 Å². The molecule has 6 heteroatoms. The average molecular weight is 691 g/mol. The summed E-state index contributed by atoms with van der Waals surface area (Å²) in [6.07, 6.45) is 1.12. The Bertz CT molecular complexity index is 1530. The van der Waals surface area contributed by atoms with Gasteiger partial charge < -0.3 is 10.2 Å². The van der Waals surface area contributed by atoms with Gasteiger partial charge in [0, 0.05) is 51.4 Å². The fourth-order valence-corrected chi connectivity index (χ4v) is 5.53. The summed E-state index contributed by atoms with van der Waals surface area (Å²) in [5.74, 6) is -2.51. The Morgan fingerprint density at radius 3 is 0.615 bits per heavy atom. The van der Waals surface area contributed by atoms with Gasteiger partial charge in [0.05, 0.1) is 0 Å².